The van der Waals surface area contributed by atoms with Crippen molar-refractivity contribution in [1.29, 1.82) is 5.26 Å². The van der Waals surface area contributed by atoms with Gasteiger partial charge in [-0.15, -0.1) is 0 Å². The van der Waals surface area contributed by atoms with Gasteiger partial charge in [0.25, 0.3) is 5.69 Å². The molecule has 0 N–H and O–H groups in total. The fraction of sp³-hybridized carbons (Fsp3) is 0.0476. The van der Waals surface area contributed by atoms with Gasteiger partial charge in [0.05, 0.1) is 23.2 Å². The Labute approximate surface area is 160 Å². The normalized spacial score (nSPS) is 10.9. The molecule has 0 unspecified atom stereocenters. The van der Waals surface area contributed by atoms with E-state index < -0.39 is 10.7 Å². The molecule has 0 saturated carbocycles. The lowest BCUT2D eigenvalue weighted by atomic mass is 10.0. The predicted octanol–water partition coefficient (Wildman–Crippen LogP) is 4.65. The van der Waals surface area contributed by atoms with E-state index in [0.29, 0.717) is 11.3 Å². The third-order valence-electron chi connectivity index (χ3n) is 4.00. The van der Waals surface area contributed by atoms with Crippen molar-refractivity contribution in [3.63, 3.8) is 0 Å². The summed E-state index contributed by atoms with van der Waals surface area (Å²) in [5, 5.41) is 20.6. The average Bonchev–Trinajstić information content (AvgIpc) is 3.20. The number of hydrogen-bond donors (Lipinski definition) is 0. The van der Waals surface area contributed by atoms with Gasteiger partial charge in [0.2, 0.25) is 5.78 Å². The van der Waals surface area contributed by atoms with Crippen molar-refractivity contribution in [2.24, 2.45) is 0 Å². The Morgan fingerprint density at radius 2 is 1.86 bits per heavy atom. The molecular formula is C21H14N2O5. The number of Topliss-reactive ketones (excluding diaryl/α,β-unsaturated/α-hetero) is 1. The van der Waals surface area contributed by atoms with Crippen LogP contribution in [-0.4, -0.2) is 17.8 Å². The molecule has 0 aliphatic carbocycles. The maximum Gasteiger partial charge on any atom is 0.280 e. The maximum atomic E-state index is 12.7. The van der Waals surface area contributed by atoms with Crippen molar-refractivity contribution in [2.45, 2.75) is 0 Å². The number of nitrogens with zero attached hydrogens (tertiary/aromatic N) is 2. The van der Waals surface area contributed by atoms with Gasteiger partial charge in [-0.1, -0.05) is 24.3 Å². The number of carbonyl (C=O) groups is 1. The Hall–Kier alpha value is -4.18. The third-order valence-corrected chi connectivity index (χ3v) is 4.00. The van der Waals surface area contributed by atoms with E-state index >= 15 is 0 Å². The first-order valence-corrected chi connectivity index (χ1v) is 8.18. The number of nitro groups is 1. The second-order valence-electron chi connectivity index (χ2n) is 5.68. The summed E-state index contributed by atoms with van der Waals surface area (Å²) in [6.45, 7) is 0. The van der Waals surface area contributed by atoms with Crippen LogP contribution in [0.15, 0.2) is 70.7 Å². The number of rotatable bonds is 6. The quantitative estimate of drug-likeness (QED) is 0.204. The van der Waals surface area contributed by atoms with E-state index in [2.05, 4.69) is 0 Å². The Balaban J connectivity index is 1.97. The highest BCUT2D eigenvalue weighted by molar-refractivity contribution is 6.15. The lowest BCUT2D eigenvalue weighted by molar-refractivity contribution is -0.384. The van der Waals surface area contributed by atoms with Crippen LogP contribution in [0, 0.1) is 21.4 Å². The number of benzene rings is 2. The summed E-state index contributed by atoms with van der Waals surface area (Å²) in [7, 11) is 1.44. The van der Waals surface area contributed by atoms with Gasteiger partial charge in [0.1, 0.15) is 28.9 Å². The van der Waals surface area contributed by atoms with Gasteiger partial charge in [-0.05, 0) is 30.3 Å². The summed E-state index contributed by atoms with van der Waals surface area (Å²) in [4.78, 5) is 23.4. The molecule has 0 aliphatic heterocycles. The molecule has 0 fully saturated rings. The van der Waals surface area contributed by atoms with Crippen LogP contribution in [0.5, 0.6) is 5.75 Å². The van der Waals surface area contributed by atoms with E-state index in [-0.39, 0.29) is 28.3 Å². The number of methoxy groups -OCH3 is 1. The van der Waals surface area contributed by atoms with Gasteiger partial charge < -0.3 is 9.15 Å². The number of allylic oxidation sites excluding steroid dienone is 1. The second-order valence-corrected chi connectivity index (χ2v) is 5.68. The van der Waals surface area contributed by atoms with Crippen molar-refractivity contribution < 1.29 is 18.9 Å². The summed E-state index contributed by atoms with van der Waals surface area (Å²) < 4.78 is 10.8. The van der Waals surface area contributed by atoms with Crippen LogP contribution in [0.25, 0.3) is 17.4 Å². The van der Waals surface area contributed by atoms with E-state index in [4.69, 9.17) is 9.15 Å². The monoisotopic (exact) mass is 374 g/mol. The zero-order valence-corrected chi connectivity index (χ0v) is 14.8. The molecule has 0 aliphatic rings. The third kappa shape index (κ3) is 3.66. The predicted molar refractivity (Wildman–Crippen MR) is 102 cm³/mol. The van der Waals surface area contributed by atoms with Gasteiger partial charge in [0.15, 0.2) is 0 Å². The molecular weight excluding hydrogens is 360 g/mol. The highest BCUT2D eigenvalue weighted by Gasteiger charge is 2.19. The molecule has 1 aromatic heterocycles. The molecule has 138 valence electrons. The SMILES string of the molecule is COc1ccccc1C(=O)/C(C#N)=C/c1ccc(-c2ccccc2[N+](=O)[O-])o1. The van der Waals surface area contributed by atoms with Crippen molar-refractivity contribution in [2.75, 3.05) is 7.11 Å². The minimum Gasteiger partial charge on any atom is -0.496 e. The minimum absolute atomic E-state index is 0.0991. The van der Waals surface area contributed by atoms with E-state index in [9.17, 15) is 20.2 Å². The molecule has 2 aromatic carbocycles. The first kappa shape index (κ1) is 18.6. The number of nitriles is 1. The van der Waals surface area contributed by atoms with Crippen molar-refractivity contribution in [3.05, 3.63) is 87.7 Å². The van der Waals surface area contributed by atoms with Gasteiger partial charge in [0, 0.05) is 12.1 Å². The molecule has 7 heteroatoms. The molecule has 3 rings (SSSR count). The smallest absolute Gasteiger partial charge is 0.280 e. The number of furan rings is 1. The number of ether oxygens (including phenoxy) is 1. The lowest BCUT2D eigenvalue weighted by Gasteiger charge is -2.06. The molecule has 0 radical (unpaired) electrons. The average molecular weight is 374 g/mol. The Morgan fingerprint density at radius 3 is 2.57 bits per heavy atom. The van der Waals surface area contributed by atoms with Crippen molar-refractivity contribution in [1.82, 2.24) is 0 Å². The van der Waals surface area contributed by atoms with Gasteiger partial charge >= 0.3 is 0 Å². The molecule has 3 aromatic rings. The standard InChI is InChI=1S/C21H14N2O5/c1-27-19-9-5-3-7-17(19)21(24)14(13-22)12-15-10-11-20(28-15)16-6-2-4-8-18(16)23(25)26/h2-12H,1H3/b14-12+. The van der Waals surface area contributed by atoms with Crippen LogP contribution >= 0.6 is 0 Å². The van der Waals surface area contributed by atoms with Crippen LogP contribution in [0.3, 0.4) is 0 Å². The summed E-state index contributed by atoms with van der Waals surface area (Å²) in [5.41, 5.74) is 0.316. The largest absolute Gasteiger partial charge is 0.496 e. The minimum atomic E-state index is -0.511. The molecule has 7 nitrogen and oxygen atoms in total. The van der Waals surface area contributed by atoms with E-state index in [0.717, 1.165) is 0 Å². The molecule has 0 amide bonds. The Morgan fingerprint density at radius 1 is 1.14 bits per heavy atom. The molecule has 1 heterocycles. The van der Waals surface area contributed by atoms with Gasteiger partial charge in [-0.25, -0.2) is 0 Å². The van der Waals surface area contributed by atoms with Crippen LogP contribution in [0.1, 0.15) is 16.1 Å². The van der Waals surface area contributed by atoms with Crippen LogP contribution < -0.4 is 4.74 Å². The maximum absolute atomic E-state index is 12.7. The van der Waals surface area contributed by atoms with Crippen LogP contribution in [0.4, 0.5) is 5.69 Å². The first-order chi connectivity index (χ1) is 13.5. The molecule has 0 bridgehead atoms. The topological polar surface area (TPSA) is 106 Å². The van der Waals surface area contributed by atoms with Crippen LogP contribution in [0.2, 0.25) is 0 Å². The fourth-order valence-corrected chi connectivity index (χ4v) is 2.68. The summed E-state index contributed by atoms with van der Waals surface area (Å²) in [6.07, 6.45) is 1.30. The lowest BCUT2D eigenvalue weighted by Crippen LogP contribution is -2.04. The fourth-order valence-electron chi connectivity index (χ4n) is 2.68. The van der Waals surface area contributed by atoms with Gasteiger partial charge in [-0.3, -0.25) is 14.9 Å². The second kappa shape index (κ2) is 8.01. The number of nitro benzene ring substituents is 1. The van der Waals surface area contributed by atoms with E-state index in [1.165, 1.54) is 19.3 Å². The van der Waals surface area contributed by atoms with Crippen molar-refractivity contribution in [3.8, 4) is 23.1 Å². The molecule has 28 heavy (non-hydrogen) atoms. The van der Waals surface area contributed by atoms with E-state index in [1.807, 2.05) is 6.07 Å². The van der Waals surface area contributed by atoms with Crippen molar-refractivity contribution >= 4 is 17.5 Å². The number of para-hydroxylation sites is 2. The Bertz CT molecular complexity index is 1120. The van der Waals surface area contributed by atoms with Crippen LogP contribution in [-0.2, 0) is 0 Å². The molecule has 0 spiro atoms. The first-order valence-electron chi connectivity index (χ1n) is 8.18. The Kier molecular flexibility index (Phi) is 5.33. The zero-order chi connectivity index (χ0) is 20.1. The summed E-state index contributed by atoms with van der Waals surface area (Å²) in [6, 6.07) is 17.7. The molecule has 0 saturated heterocycles. The van der Waals surface area contributed by atoms with E-state index in [1.54, 1.807) is 54.6 Å². The highest BCUT2D eigenvalue weighted by atomic mass is 16.6. The number of ketones is 1. The highest BCUT2D eigenvalue weighted by Crippen LogP contribution is 2.31. The number of hydrogen-bond acceptors (Lipinski definition) is 6. The summed E-state index contributed by atoms with van der Waals surface area (Å²) >= 11 is 0. The zero-order valence-electron chi connectivity index (χ0n) is 14.8. The number of carbonyl (C=O) groups excluding carboxylic acids is 1. The molecule has 0 atom stereocenters. The summed E-state index contributed by atoms with van der Waals surface area (Å²) in [5.74, 6) is 0.339. The van der Waals surface area contributed by atoms with Gasteiger partial charge in [-0.2, -0.15) is 5.26 Å².